The zero-order valence-corrected chi connectivity index (χ0v) is 10.4. The Morgan fingerprint density at radius 1 is 1.21 bits per heavy atom. The maximum absolute atomic E-state index is 11.1. The van der Waals surface area contributed by atoms with Gasteiger partial charge in [0.25, 0.3) is 0 Å². The molecule has 0 fully saturated rings. The predicted octanol–water partition coefficient (Wildman–Crippen LogP) is 1.59. The Morgan fingerprint density at radius 3 is 2.36 bits per heavy atom. The number of nitrogens with one attached hydrogen (secondary N) is 1. The molecule has 1 atom stereocenters. The third-order valence-corrected chi connectivity index (χ3v) is 4.32. The van der Waals surface area contributed by atoms with Crippen LogP contribution in [0.5, 0.6) is 0 Å². The molecule has 0 aliphatic carbocycles. The van der Waals surface area contributed by atoms with Gasteiger partial charge in [-0.25, -0.2) is 8.42 Å². The summed E-state index contributed by atoms with van der Waals surface area (Å²) in [4.78, 5) is 0. The summed E-state index contributed by atoms with van der Waals surface area (Å²) >= 11 is 0. The lowest BCUT2D eigenvalue weighted by atomic mass is 10.1. The first-order valence-electron chi connectivity index (χ1n) is 5.39. The molecule has 0 heterocycles. The quantitative estimate of drug-likeness (QED) is 0.633. The molecule has 0 bridgehead atoms. The van der Waals surface area contributed by atoms with E-state index >= 15 is 0 Å². The number of hydrogen-bond donors (Lipinski definition) is 1. The van der Waals surface area contributed by atoms with Crippen LogP contribution in [0.2, 0.25) is 0 Å². The molecule has 0 saturated heterocycles. The second-order valence-electron chi connectivity index (χ2n) is 3.78. The van der Waals surface area contributed by atoms with Gasteiger partial charge in [-0.05, 0) is 26.8 Å². The van der Waals surface area contributed by atoms with E-state index in [0.717, 1.165) is 25.7 Å². The Morgan fingerprint density at radius 2 is 1.86 bits per heavy atom. The van der Waals surface area contributed by atoms with E-state index in [1.165, 1.54) is 0 Å². The summed E-state index contributed by atoms with van der Waals surface area (Å²) < 4.78 is 22.3. The third kappa shape index (κ3) is 7.33. The molecule has 14 heavy (non-hydrogen) atoms. The third-order valence-electron chi connectivity index (χ3n) is 2.53. The summed E-state index contributed by atoms with van der Waals surface area (Å²) in [6, 6.07) is 0.540. The molecule has 1 unspecified atom stereocenters. The first-order valence-corrected chi connectivity index (χ1v) is 7.21. The van der Waals surface area contributed by atoms with E-state index in [4.69, 9.17) is 0 Å². The lowest BCUT2D eigenvalue weighted by molar-refractivity contribution is 0.524. The molecular weight excluding hydrogens is 198 g/mol. The average Bonchev–Trinajstić information content (AvgIpc) is 2.17. The summed E-state index contributed by atoms with van der Waals surface area (Å²) in [5.41, 5.74) is 0. The van der Waals surface area contributed by atoms with Crippen molar-refractivity contribution < 1.29 is 8.42 Å². The van der Waals surface area contributed by atoms with Crippen LogP contribution in [-0.4, -0.2) is 33.0 Å². The number of rotatable bonds is 8. The van der Waals surface area contributed by atoms with Gasteiger partial charge in [0.2, 0.25) is 0 Å². The standard InChI is InChI=1S/C10H23NO2S/c1-4-14(12,13)9-7-5-6-8-10(2)11-3/h10-11H,4-9H2,1-3H3. The molecule has 3 nitrogen and oxygen atoms in total. The molecule has 0 aliphatic rings. The molecule has 0 aromatic carbocycles. The molecule has 4 heteroatoms. The van der Waals surface area contributed by atoms with E-state index in [-0.39, 0.29) is 5.75 Å². The van der Waals surface area contributed by atoms with Crippen LogP contribution < -0.4 is 5.32 Å². The molecule has 0 aliphatic heterocycles. The average molecular weight is 221 g/mol. The number of unbranched alkanes of at least 4 members (excludes halogenated alkanes) is 2. The van der Waals surface area contributed by atoms with Crippen LogP contribution >= 0.6 is 0 Å². The van der Waals surface area contributed by atoms with Crippen LogP contribution in [0.1, 0.15) is 39.5 Å². The summed E-state index contributed by atoms with van der Waals surface area (Å²) in [5.74, 6) is 0.636. The maximum atomic E-state index is 11.1. The maximum Gasteiger partial charge on any atom is 0.150 e. The molecule has 0 amide bonds. The lowest BCUT2D eigenvalue weighted by Gasteiger charge is -2.08. The SMILES string of the molecule is CCS(=O)(=O)CCCCCC(C)NC. The molecule has 0 aromatic rings. The normalized spacial score (nSPS) is 14.2. The molecular formula is C10H23NO2S. The van der Waals surface area contributed by atoms with Crippen molar-refractivity contribution in [2.24, 2.45) is 0 Å². The minimum Gasteiger partial charge on any atom is -0.317 e. The minimum absolute atomic E-state index is 0.278. The van der Waals surface area contributed by atoms with E-state index in [9.17, 15) is 8.42 Å². The van der Waals surface area contributed by atoms with Gasteiger partial charge in [0.05, 0.1) is 5.75 Å². The largest absolute Gasteiger partial charge is 0.317 e. The van der Waals surface area contributed by atoms with Crippen molar-refractivity contribution in [2.75, 3.05) is 18.6 Å². The van der Waals surface area contributed by atoms with E-state index in [1.54, 1.807) is 6.92 Å². The Kier molecular flexibility index (Phi) is 7.19. The topological polar surface area (TPSA) is 46.2 Å². The molecule has 0 aromatic heterocycles. The van der Waals surface area contributed by atoms with Crippen molar-refractivity contribution in [3.8, 4) is 0 Å². The van der Waals surface area contributed by atoms with Gasteiger partial charge in [0.15, 0.2) is 0 Å². The van der Waals surface area contributed by atoms with E-state index in [1.807, 2.05) is 7.05 Å². The summed E-state index contributed by atoms with van der Waals surface area (Å²) in [7, 11) is -0.791. The second kappa shape index (κ2) is 7.23. The highest BCUT2D eigenvalue weighted by Crippen LogP contribution is 2.05. The Labute approximate surface area is 88.2 Å². The van der Waals surface area contributed by atoms with Gasteiger partial charge >= 0.3 is 0 Å². The van der Waals surface area contributed by atoms with E-state index < -0.39 is 9.84 Å². The highest BCUT2D eigenvalue weighted by atomic mass is 32.2. The summed E-state index contributed by atoms with van der Waals surface area (Å²) in [6.45, 7) is 3.85. The highest BCUT2D eigenvalue weighted by Gasteiger charge is 2.06. The van der Waals surface area contributed by atoms with Crippen LogP contribution in [0.15, 0.2) is 0 Å². The van der Waals surface area contributed by atoms with Crippen LogP contribution in [-0.2, 0) is 9.84 Å². The highest BCUT2D eigenvalue weighted by molar-refractivity contribution is 7.91. The van der Waals surface area contributed by atoms with E-state index in [2.05, 4.69) is 12.2 Å². The van der Waals surface area contributed by atoms with Crippen LogP contribution in [0.3, 0.4) is 0 Å². The van der Waals surface area contributed by atoms with Gasteiger partial charge in [-0.3, -0.25) is 0 Å². The van der Waals surface area contributed by atoms with Crippen molar-refractivity contribution in [3.63, 3.8) is 0 Å². The van der Waals surface area contributed by atoms with Crippen molar-refractivity contribution in [1.29, 1.82) is 0 Å². The molecule has 0 saturated carbocycles. The zero-order chi connectivity index (χ0) is 11.0. The fourth-order valence-corrected chi connectivity index (χ4v) is 2.17. The van der Waals surface area contributed by atoms with Crippen molar-refractivity contribution in [1.82, 2.24) is 5.32 Å². The Balaban J connectivity index is 3.39. The monoisotopic (exact) mass is 221 g/mol. The smallest absolute Gasteiger partial charge is 0.150 e. The molecule has 0 spiro atoms. The fraction of sp³-hybridized carbons (Fsp3) is 1.00. The summed E-state index contributed by atoms with van der Waals surface area (Å²) in [6.07, 6.45) is 4.07. The van der Waals surface area contributed by atoms with Crippen molar-refractivity contribution in [3.05, 3.63) is 0 Å². The number of sulfone groups is 1. The molecule has 1 N–H and O–H groups in total. The van der Waals surface area contributed by atoms with Gasteiger partial charge < -0.3 is 5.32 Å². The fourth-order valence-electron chi connectivity index (χ4n) is 1.24. The van der Waals surface area contributed by atoms with Gasteiger partial charge in [-0.15, -0.1) is 0 Å². The van der Waals surface area contributed by atoms with Crippen LogP contribution in [0, 0.1) is 0 Å². The van der Waals surface area contributed by atoms with E-state index in [0.29, 0.717) is 11.8 Å². The Hall–Kier alpha value is -0.0900. The molecule has 0 rings (SSSR count). The van der Waals surface area contributed by atoms with Crippen molar-refractivity contribution >= 4 is 9.84 Å². The minimum atomic E-state index is -2.74. The summed E-state index contributed by atoms with van der Waals surface area (Å²) in [5, 5.41) is 3.16. The van der Waals surface area contributed by atoms with Crippen LogP contribution in [0.25, 0.3) is 0 Å². The van der Waals surface area contributed by atoms with Gasteiger partial charge in [-0.2, -0.15) is 0 Å². The number of hydrogen-bond acceptors (Lipinski definition) is 3. The first kappa shape index (κ1) is 13.9. The molecule has 0 radical (unpaired) electrons. The lowest BCUT2D eigenvalue weighted by Crippen LogP contribution is -2.20. The van der Waals surface area contributed by atoms with Gasteiger partial charge in [-0.1, -0.05) is 19.8 Å². The Bertz CT molecular complexity index is 224. The second-order valence-corrected chi connectivity index (χ2v) is 6.25. The zero-order valence-electron chi connectivity index (χ0n) is 9.54. The van der Waals surface area contributed by atoms with Crippen LogP contribution in [0.4, 0.5) is 0 Å². The predicted molar refractivity (Wildman–Crippen MR) is 61.3 cm³/mol. The first-order chi connectivity index (χ1) is 6.52. The van der Waals surface area contributed by atoms with Crippen molar-refractivity contribution in [2.45, 2.75) is 45.6 Å². The van der Waals surface area contributed by atoms with Gasteiger partial charge in [0, 0.05) is 11.8 Å². The van der Waals surface area contributed by atoms with Gasteiger partial charge in [0.1, 0.15) is 9.84 Å². The molecule has 86 valence electrons.